The molecular formula is C17H23FO3. The molecule has 4 heteroatoms. The van der Waals surface area contributed by atoms with Crippen molar-refractivity contribution in [1.82, 2.24) is 0 Å². The van der Waals surface area contributed by atoms with Crippen molar-refractivity contribution in [3.63, 3.8) is 0 Å². The maximum Gasteiger partial charge on any atom is 0.172 e. The highest BCUT2D eigenvalue weighted by Crippen LogP contribution is 2.32. The van der Waals surface area contributed by atoms with Gasteiger partial charge in [0.15, 0.2) is 11.5 Å². The van der Waals surface area contributed by atoms with Crippen molar-refractivity contribution in [3.05, 3.63) is 48.3 Å². The molecule has 0 spiro atoms. The van der Waals surface area contributed by atoms with E-state index in [0.29, 0.717) is 11.5 Å². The van der Waals surface area contributed by atoms with Gasteiger partial charge in [-0.1, -0.05) is 27.7 Å². The van der Waals surface area contributed by atoms with Gasteiger partial charge in [0, 0.05) is 6.07 Å². The van der Waals surface area contributed by atoms with Crippen LogP contribution in [-0.4, -0.2) is 12.2 Å². The van der Waals surface area contributed by atoms with E-state index >= 15 is 0 Å². The van der Waals surface area contributed by atoms with Crippen LogP contribution in [0.5, 0.6) is 23.0 Å². The molecule has 3 nitrogen and oxygen atoms in total. The number of hydrogen-bond acceptors (Lipinski definition) is 3. The number of phenolic OH excluding ortho intramolecular Hbond substituents is 1. The van der Waals surface area contributed by atoms with Crippen molar-refractivity contribution in [1.29, 1.82) is 0 Å². The van der Waals surface area contributed by atoms with E-state index in [1.165, 1.54) is 37.4 Å². The minimum Gasteiger partial charge on any atom is -0.508 e. The fourth-order valence-electron chi connectivity index (χ4n) is 1.37. The predicted molar refractivity (Wildman–Crippen MR) is 83.8 cm³/mol. The molecule has 0 radical (unpaired) electrons. The minimum absolute atomic E-state index is 0.142. The molecule has 0 saturated heterocycles. The highest BCUT2D eigenvalue weighted by Gasteiger charge is 2.07. The third-order valence-corrected chi connectivity index (χ3v) is 2.19. The Balaban J connectivity index is 0.000000921. The molecule has 116 valence electrons. The monoisotopic (exact) mass is 294 g/mol. The van der Waals surface area contributed by atoms with Crippen molar-refractivity contribution in [2.45, 2.75) is 27.7 Å². The molecule has 0 fully saturated rings. The van der Waals surface area contributed by atoms with Gasteiger partial charge in [0.1, 0.15) is 17.3 Å². The van der Waals surface area contributed by atoms with Crippen molar-refractivity contribution in [3.8, 4) is 23.0 Å². The lowest BCUT2D eigenvalue weighted by atomic mass is 10.3. The van der Waals surface area contributed by atoms with E-state index in [0.717, 1.165) is 0 Å². The van der Waals surface area contributed by atoms with Gasteiger partial charge in [-0.3, -0.25) is 0 Å². The Hall–Kier alpha value is -2.23. The van der Waals surface area contributed by atoms with Gasteiger partial charge >= 0.3 is 0 Å². The predicted octanol–water partition coefficient (Wildman–Crippen LogP) is 5.38. The van der Waals surface area contributed by atoms with Crippen LogP contribution in [0.1, 0.15) is 27.7 Å². The van der Waals surface area contributed by atoms with E-state index in [2.05, 4.69) is 0 Å². The summed E-state index contributed by atoms with van der Waals surface area (Å²) in [5, 5.41) is 9.13. The van der Waals surface area contributed by atoms with Gasteiger partial charge in [-0.05, 0) is 36.4 Å². The third-order valence-electron chi connectivity index (χ3n) is 2.19. The maximum absolute atomic E-state index is 13.1. The van der Waals surface area contributed by atoms with E-state index in [1.54, 1.807) is 12.1 Å². The Morgan fingerprint density at radius 3 is 1.95 bits per heavy atom. The number of halogens is 1. The van der Waals surface area contributed by atoms with Gasteiger partial charge < -0.3 is 14.6 Å². The molecule has 2 aromatic rings. The molecule has 0 heterocycles. The van der Waals surface area contributed by atoms with Gasteiger partial charge in [-0.25, -0.2) is 4.39 Å². The van der Waals surface area contributed by atoms with Crippen molar-refractivity contribution in [2.75, 3.05) is 7.11 Å². The summed E-state index contributed by atoms with van der Waals surface area (Å²) < 4.78 is 23.6. The average molecular weight is 294 g/mol. The standard InChI is InChI=1S/C13H11FO3.2C2H6/c1-16-12-7-2-9(14)8-13(12)17-11-5-3-10(15)4-6-11;2*1-2/h2-8,15H,1H3;2*1-2H3. The van der Waals surface area contributed by atoms with Crippen LogP contribution in [0, 0.1) is 5.82 Å². The fourth-order valence-corrected chi connectivity index (χ4v) is 1.37. The van der Waals surface area contributed by atoms with Crippen molar-refractivity contribution in [2.24, 2.45) is 0 Å². The Morgan fingerprint density at radius 1 is 0.857 bits per heavy atom. The second kappa shape index (κ2) is 10.5. The smallest absolute Gasteiger partial charge is 0.172 e. The number of benzene rings is 2. The number of aromatic hydroxyl groups is 1. The lowest BCUT2D eigenvalue weighted by Gasteiger charge is -2.10. The Morgan fingerprint density at radius 2 is 1.43 bits per heavy atom. The van der Waals surface area contributed by atoms with Crippen LogP contribution in [0.3, 0.4) is 0 Å². The topological polar surface area (TPSA) is 38.7 Å². The molecule has 2 aromatic carbocycles. The third kappa shape index (κ3) is 6.17. The van der Waals surface area contributed by atoms with Gasteiger partial charge in [0.2, 0.25) is 0 Å². The summed E-state index contributed by atoms with van der Waals surface area (Å²) in [6, 6.07) is 10.2. The highest BCUT2D eigenvalue weighted by molar-refractivity contribution is 5.43. The Labute approximate surface area is 126 Å². The zero-order valence-electron chi connectivity index (χ0n) is 13.2. The van der Waals surface area contributed by atoms with Crippen LogP contribution in [-0.2, 0) is 0 Å². The van der Waals surface area contributed by atoms with E-state index in [4.69, 9.17) is 14.6 Å². The van der Waals surface area contributed by atoms with Crippen molar-refractivity contribution < 1.29 is 19.0 Å². The summed E-state index contributed by atoms with van der Waals surface area (Å²) in [5.74, 6) is 0.965. The highest BCUT2D eigenvalue weighted by atomic mass is 19.1. The summed E-state index contributed by atoms with van der Waals surface area (Å²) in [4.78, 5) is 0. The van der Waals surface area contributed by atoms with E-state index < -0.39 is 5.82 Å². The van der Waals surface area contributed by atoms with Gasteiger partial charge in [-0.2, -0.15) is 0 Å². The van der Waals surface area contributed by atoms with Crippen LogP contribution >= 0.6 is 0 Å². The summed E-state index contributed by atoms with van der Waals surface area (Å²) in [5.41, 5.74) is 0. The van der Waals surface area contributed by atoms with Crippen LogP contribution in [0.15, 0.2) is 42.5 Å². The molecule has 0 aliphatic carbocycles. The first-order valence-electron chi connectivity index (χ1n) is 6.99. The van der Waals surface area contributed by atoms with E-state index in [-0.39, 0.29) is 11.5 Å². The number of hydrogen-bond donors (Lipinski definition) is 1. The summed E-state index contributed by atoms with van der Waals surface area (Å²) >= 11 is 0. The SMILES string of the molecule is CC.CC.COc1ccc(F)cc1Oc1ccc(O)cc1. The lowest BCUT2D eigenvalue weighted by molar-refractivity contribution is 0.376. The molecule has 0 atom stereocenters. The zero-order valence-corrected chi connectivity index (χ0v) is 13.2. The first kappa shape index (κ1) is 18.8. The molecule has 0 aliphatic heterocycles. The Kier molecular flexibility index (Phi) is 9.43. The molecule has 21 heavy (non-hydrogen) atoms. The van der Waals surface area contributed by atoms with Crippen LogP contribution < -0.4 is 9.47 Å². The number of phenols is 1. The Bertz CT molecular complexity index is 510. The molecule has 0 amide bonds. The molecule has 2 rings (SSSR count). The molecule has 0 saturated carbocycles. The van der Waals surface area contributed by atoms with Crippen LogP contribution in [0.25, 0.3) is 0 Å². The largest absolute Gasteiger partial charge is 0.508 e. The number of rotatable bonds is 3. The van der Waals surface area contributed by atoms with Gasteiger partial charge in [-0.15, -0.1) is 0 Å². The molecule has 0 aliphatic rings. The second-order valence-corrected chi connectivity index (χ2v) is 3.39. The molecule has 1 N–H and O–H groups in total. The first-order valence-corrected chi connectivity index (χ1v) is 6.99. The molecular weight excluding hydrogens is 271 g/mol. The van der Waals surface area contributed by atoms with Crippen molar-refractivity contribution >= 4 is 0 Å². The maximum atomic E-state index is 13.1. The van der Waals surface area contributed by atoms with Crippen LogP contribution in [0.4, 0.5) is 4.39 Å². The quantitative estimate of drug-likeness (QED) is 0.825. The minimum atomic E-state index is -0.403. The summed E-state index contributed by atoms with van der Waals surface area (Å²) in [6.07, 6.45) is 0. The van der Waals surface area contributed by atoms with Gasteiger partial charge in [0.25, 0.3) is 0 Å². The molecule has 0 bridgehead atoms. The molecule has 0 aromatic heterocycles. The summed E-state index contributed by atoms with van der Waals surface area (Å²) in [6.45, 7) is 8.00. The lowest BCUT2D eigenvalue weighted by Crippen LogP contribution is -1.91. The van der Waals surface area contributed by atoms with Crippen LogP contribution in [0.2, 0.25) is 0 Å². The molecule has 0 unspecified atom stereocenters. The van der Waals surface area contributed by atoms with E-state index in [9.17, 15) is 4.39 Å². The fraction of sp³-hybridized carbons (Fsp3) is 0.294. The normalized spacial score (nSPS) is 8.67. The number of ether oxygens (including phenoxy) is 2. The van der Waals surface area contributed by atoms with Gasteiger partial charge in [0.05, 0.1) is 7.11 Å². The first-order chi connectivity index (χ1) is 10.2. The zero-order chi connectivity index (χ0) is 16.3. The number of methoxy groups -OCH3 is 1. The van der Waals surface area contributed by atoms with E-state index in [1.807, 2.05) is 27.7 Å². The summed E-state index contributed by atoms with van der Waals surface area (Å²) in [7, 11) is 1.48. The average Bonchev–Trinajstić information content (AvgIpc) is 2.54. The second-order valence-electron chi connectivity index (χ2n) is 3.39.